The fourth-order valence-corrected chi connectivity index (χ4v) is 12.4. The fraction of sp³-hybridized carbons (Fsp3) is 0.415. The van der Waals surface area contributed by atoms with Crippen molar-refractivity contribution in [2.75, 3.05) is 0 Å². The van der Waals surface area contributed by atoms with E-state index in [9.17, 15) is 0 Å². The molecule has 82 heavy (non-hydrogen) atoms. The van der Waals surface area contributed by atoms with E-state index in [0.717, 1.165) is 47.3 Å². The van der Waals surface area contributed by atoms with Gasteiger partial charge in [-0.15, -0.1) is 0 Å². The summed E-state index contributed by atoms with van der Waals surface area (Å²) in [6.07, 6.45) is 16.9. The molecule has 8 unspecified atom stereocenters. The van der Waals surface area contributed by atoms with Crippen LogP contribution in [0.2, 0.25) is 0 Å². The van der Waals surface area contributed by atoms with E-state index in [1.807, 2.05) is 12.1 Å². The lowest BCUT2D eigenvalue weighted by atomic mass is 9.90. The minimum absolute atomic E-state index is 0. The van der Waals surface area contributed by atoms with Gasteiger partial charge in [-0.3, -0.25) is 0 Å². The molecule has 4 saturated carbocycles. The third-order valence-electron chi connectivity index (χ3n) is 16.8. The van der Waals surface area contributed by atoms with Crippen molar-refractivity contribution in [3.63, 3.8) is 0 Å². The van der Waals surface area contributed by atoms with Gasteiger partial charge in [0, 0.05) is 0 Å². The predicted molar refractivity (Wildman–Crippen MR) is 376 cm³/mol. The van der Waals surface area contributed by atoms with Crippen molar-refractivity contribution >= 4 is 0 Å². The van der Waals surface area contributed by atoms with E-state index in [1.54, 1.807) is 22.3 Å². The Morgan fingerprint density at radius 1 is 0.220 bits per heavy atom. The van der Waals surface area contributed by atoms with Gasteiger partial charge in [0.1, 0.15) is 0 Å². The maximum Gasteiger partial charge on any atom is -0.0136 e. The Labute approximate surface area is 508 Å². The second kappa shape index (κ2) is 42.6. The summed E-state index contributed by atoms with van der Waals surface area (Å²) in [6.45, 7) is 13.8. The summed E-state index contributed by atoms with van der Waals surface area (Å²) in [5, 5.41) is 0. The normalized spacial score (nSPS) is 20.2. The molecule has 8 aromatic carbocycles. The molecule has 0 aromatic heterocycles. The van der Waals surface area contributed by atoms with Crippen LogP contribution in [0.4, 0.5) is 0 Å². The third kappa shape index (κ3) is 23.9. The number of hydrogen-bond acceptors (Lipinski definition) is 0. The number of hydrogen-bond donors (Lipinski definition) is 0. The molecule has 0 amide bonds. The Morgan fingerprint density at radius 2 is 0.402 bits per heavy atom. The summed E-state index contributed by atoms with van der Waals surface area (Å²) in [7, 11) is 0. The maximum atomic E-state index is 2.38. The summed E-state index contributed by atoms with van der Waals surface area (Å²) in [5.41, 5.74) is 14.1. The molecule has 4 aliphatic rings. The first kappa shape index (κ1) is 77.8. The van der Waals surface area contributed by atoms with Crippen molar-refractivity contribution in [2.24, 2.45) is 23.7 Å². The van der Waals surface area contributed by atoms with Gasteiger partial charge in [0.05, 0.1) is 0 Å². The van der Waals surface area contributed by atoms with Gasteiger partial charge in [0.2, 0.25) is 0 Å². The maximum absolute atomic E-state index is 2.38. The smallest absolute Gasteiger partial charge is 0.0136 e. The third-order valence-corrected chi connectivity index (χ3v) is 16.8. The first-order valence-corrected chi connectivity index (χ1v) is 28.7. The average Bonchev–Trinajstić information content (AvgIpc) is 4.31. The van der Waals surface area contributed by atoms with Gasteiger partial charge in [0.25, 0.3) is 0 Å². The number of rotatable bonds is 6. The highest BCUT2D eigenvalue weighted by Crippen LogP contribution is 2.41. The molecule has 4 fully saturated rings. The van der Waals surface area contributed by atoms with Gasteiger partial charge in [-0.25, -0.2) is 0 Å². The van der Waals surface area contributed by atoms with Crippen LogP contribution in [0.1, 0.15) is 221 Å². The summed E-state index contributed by atoms with van der Waals surface area (Å²) >= 11 is 0. The number of benzene rings is 8. The lowest BCUT2D eigenvalue weighted by molar-refractivity contribution is 0.533. The lowest BCUT2D eigenvalue weighted by Crippen LogP contribution is -2.00. The highest BCUT2D eigenvalue weighted by Gasteiger charge is 2.26. The molecule has 0 aliphatic heterocycles. The van der Waals surface area contributed by atoms with Crippen LogP contribution in [0.25, 0.3) is 22.3 Å². The zero-order valence-corrected chi connectivity index (χ0v) is 46.0. The lowest BCUT2D eigenvalue weighted by Gasteiger charge is -2.14. The monoisotopic (exact) mass is 1100 g/mol. The standard InChI is InChI=1S/2C13H12.4C12H16.8CH4/c2*1-11-7-5-6-10-13(11)12-8-3-2-4-9-12;4*1-10-6-5-9-12(10)11-7-3-2-4-8-11;;;;;;;;/h2*2-10H,1H3;4*2-4,7-8,10,12H,5-6,9H2,1H3;8*1H4. The molecule has 8 aromatic rings. The molecule has 4 aliphatic carbocycles. The summed E-state index contributed by atoms with van der Waals surface area (Å²) in [4.78, 5) is 0. The van der Waals surface area contributed by atoms with Crippen molar-refractivity contribution in [3.05, 3.63) is 264 Å². The minimum atomic E-state index is 0. The van der Waals surface area contributed by atoms with Crippen LogP contribution >= 0.6 is 0 Å². The van der Waals surface area contributed by atoms with Crippen molar-refractivity contribution < 1.29 is 0 Å². The van der Waals surface area contributed by atoms with Crippen molar-refractivity contribution in [2.45, 2.75) is 202 Å². The second-order valence-electron chi connectivity index (χ2n) is 22.1. The molecular formula is C82H120. The zero-order valence-electron chi connectivity index (χ0n) is 46.0. The van der Waals surface area contributed by atoms with Gasteiger partial charge in [-0.1, -0.05) is 369 Å². The Bertz CT molecular complexity index is 2410. The Balaban J connectivity index is 0. The molecule has 0 radical (unpaired) electrons. The van der Waals surface area contributed by atoms with E-state index in [-0.39, 0.29) is 59.4 Å². The molecule has 0 nitrogen and oxygen atoms in total. The van der Waals surface area contributed by atoms with E-state index in [2.05, 4.69) is 260 Å². The Kier molecular flexibility index (Phi) is 40.4. The Hall–Kier alpha value is -6.24. The van der Waals surface area contributed by atoms with E-state index >= 15 is 0 Å². The topological polar surface area (TPSA) is 0 Å². The van der Waals surface area contributed by atoms with Gasteiger partial charge >= 0.3 is 0 Å². The number of aryl methyl sites for hydroxylation is 2. The highest BCUT2D eigenvalue weighted by atomic mass is 14.3. The SMILES string of the molecule is C.C.C.C.C.C.C.C.CC1CCCC1c1ccccc1.CC1CCCC1c1ccccc1.CC1CCCC1c1ccccc1.CC1CCCC1c1ccccc1.Cc1ccccc1-c1ccccc1.Cc1ccccc1-c1ccccc1. The minimum Gasteiger partial charge on any atom is -0.0776 e. The van der Waals surface area contributed by atoms with Crippen LogP contribution in [0.3, 0.4) is 0 Å². The quantitative estimate of drug-likeness (QED) is 0.156. The molecule has 0 N–H and O–H groups in total. The molecule has 0 bridgehead atoms. The first-order valence-electron chi connectivity index (χ1n) is 28.7. The van der Waals surface area contributed by atoms with Crippen molar-refractivity contribution in [3.8, 4) is 22.3 Å². The van der Waals surface area contributed by atoms with Crippen LogP contribution in [-0.2, 0) is 0 Å². The summed E-state index contributed by atoms with van der Waals surface area (Å²) < 4.78 is 0. The predicted octanol–water partition coefficient (Wildman–Crippen LogP) is 26.8. The largest absolute Gasteiger partial charge is 0.0776 e. The zero-order chi connectivity index (χ0) is 51.7. The van der Waals surface area contributed by atoms with Crippen LogP contribution in [0, 0.1) is 37.5 Å². The van der Waals surface area contributed by atoms with E-state index in [4.69, 9.17) is 0 Å². The summed E-state index contributed by atoms with van der Waals surface area (Å²) in [6, 6.07) is 81.6. The van der Waals surface area contributed by atoms with Crippen LogP contribution in [0.5, 0.6) is 0 Å². The van der Waals surface area contributed by atoms with Crippen molar-refractivity contribution in [1.29, 1.82) is 0 Å². The molecule has 0 spiro atoms. The molecular weight excluding hydrogens is 985 g/mol. The average molecular weight is 1110 g/mol. The second-order valence-corrected chi connectivity index (χ2v) is 22.1. The van der Waals surface area contributed by atoms with Crippen LogP contribution in [-0.4, -0.2) is 0 Å². The van der Waals surface area contributed by atoms with E-state index in [0.29, 0.717) is 0 Å². The van der Waals surface area contributed by atoms with Crippen LogP contribution in [0.15, 0.2) is 231 Å². The van der Waals surface area contributed by atoms with Gasteiger partial charge < -0.3 is 0 Å². The molecule has 0 heterocycles. The Morgan fingerprint density at radius 3 is 0.585 bits per heavy atom. The van der Waals surface area contributed by atoms with Crippen LogP contribution < -0.4 is 0 Å². The molecule has 8 atom stereocenters. The van der Waals surface area contributed by atoms with Gasteiger partial charge in [-0.2, -0.15) is 0 Å². The fourth-order valence-electron chi connectivity index (χ4n) is 12.4. The molecule has 448 valence electrons. The molecule has 0 saturated heterocycles. The van der Waals surface area contributed by atoms with Gasteiger partial charge in [-0.05, 0) is 143 Å². The highest BCUT2D eigenvalue weighted by molar-refractivity contribution is 5.67. The van der Waals surface area contributed by atoms with E-state index in [1.165, 1.54) is 110 Å². The van der Waals surface area contributed by atoms with Gasteiger partial charge in [0.15, 0.2) is 0 Å². The first-order chi connectivity index (χ1) is 36.3. The molecule has 0 heteroatoms. The summed E-state index contributed by atoms with van der Waals surface area (Å²) in [5.74, 6) is 6.94. The van der Waals surface area contributed by atoms with E-state index < -0.39 is 0 Å². The van der Waals surface area contributed by atoms with Crippen molar-refractivity contribution in [1.82, 2.24) is 0 Å². The molecule has 12 rings (SSSR count).